The van der Waals surface area contributed by atoms with Crippen LogP contribution in [0.15, 0.2) is 4.52 Å². The van der Waals surface area contributed by atoms with Gasteiger partial charge in [-0.25, -0.2) is 10.6 Å². The molecule has 4 N–H and O–H groups in total. The Bertz CT molecular complexity index is 404. The number of aryl methyl sites for hydroxylation is 1. The highest BCUT2D eigenvalue weighted by Crippen LogP contribution is 2.20. The molecule has 0 amide bonds. The smallest absolute Gasteiger partial charge is 0.345 e. The zero-order valence-electron chi connectivity index (χ0n) is 8.86. The van der Waals surface area contributed by atoms with Gasteiger partial charge in [0.15, 0.2) is 5.11 Å². The number of hydrazine groups is 1. The van der Waals surface area contributed by atoms with Gasteiger partial charge >= 0.3 is 5.97 Å². The number of nitrogens with one attached hydrogen (secondary N) is 2. The van der Waals surface area contributed by atoms with Crippen molar-refractivity contribution in [3.05, 3.63) is 11.3 Å². The van der Waals surface area contributed by atoms with Crippen LogP contribution in [0.25, 0.3) is 0 Å². The summed E-state index contributed by atoms with van der Waals surface area (Å²) in [4.78, 5) is 11.6. The number of anilines is 1. The van der Waals surface area contributed by atoms with E-state index in [4.69, 9.17) is 27.3 Å². The summed E-state index contributed by atoms with van der Waals surface area (Å²) >= 11 is 4.77. The molecule has 8 heteroatoms. The molecule has 1 rings (SSSR count). The molecule has 0 aliphatic rings. The average Bonchev–Trinajstić information content (AvgIpc) is 2.60. The van der Waals surface area contributed by atoms with Gasteiger partial charge in [0.1, 0.15) is 5.56 Å². The molecule has 16 heavy (non-hydrogen) atoms. The Kier molecular flexibility index (Phi) is 4.20. The van der Waals surface area contributed by atoms with Crippen LogP contribution in [0.5, 0.6) is 0 Å². The number of hydrogen-bond acceptors (Lipinski definition) is 6. The van der Waals surface area contributed by atoms with Crippen molar-refractivity contribution in [2.45, 2.75) is 13.8 Å². The molecule has 0 aromatic carbocycles. The molecule has 0 bridgehead atoms. The number of carbonyl (C=O) groups is 1. The largest absolute Gasteiger partial charge is 0.462 e. The van der Waals surface area contributed by atoms with Crippen molar-refractivity contribution in [2.24, 2.45) is 5.84 Å². The minimum Gasteiger partial charge on any atom is -0.462 e. The van der Waals surface area contributed by atoms with Crippen LogP contribution in [0.2, 0.25) is 0 Å². The number of carbonyl (C=O) groups excluding carboxylic acids is 1. The maximum absolute atomic E-state index is 11.6. The first-order valence-corrected chi connectivity index (χ1v) is 4.92. The molecule has 0 aliphatic carbocycles. The molecule has 88 valence electrons. The van der Waals surface area contributed by atoms with Crippen molar-refractivity contribution in [3.8, 4) is 0 Å². The third kappa shape index (κ3) is 2.67. The van der Waals surface area contributed by atoms with E-state index in [0.29, 0.717) is 5.69 Å². The maximum Gasteiger partial charge on any atom is 0.345 e. The highest BCUT2D eigenvalue weighted by atomic mass is 32.1. The minimum atomic E-state index is -0.524. The molecule has 0 saturated heterocycles. The van der Waals surface area contributed by atoms with Crippen molar-refractivity contribution in [1.82, 2.24) is 10.6 Å². The summed E-state index contributed by atoms with van der Waals surface area (Å²) in [5.74, 6) is 4.67. The fourth-order valence-electron chi connectivity index (χ4n) is 1.04. The highest BCUT2D eigenvalue weighted by Gasteiger charge is 2.22. The Hall–Kier alpha value is -1.67. The second-order valence-electron chi connectivity index (χ2n) is 2.79. The Balaban J connectivity index is 2.93. The number of rotatable bonds is 3. The number of esters is 1. The Morgan fingerprint density at radius 2 is 2.38 bits per heavy atom. The first-order chi connectivity index (χ1) is 7.60. The number of nitrogens with zero attached hydrogens (tertiary/aromatic N) is 1. The Labute approximate surface area is 97.3 Å². The van der Waals surface area contributed by atoms with E-state index >= 15 is 0 Å². The number of thiocarbonyl (C=S) groups is 1. The summed E-state index contributed by atoms with van der Waals surface area (Å²) in [5, 5.41) is 6.34. The van der Waals surface area contributed by atoms with Crippen LogP contribution in [0.1, 0.15) is 23.0 Å². The molecule has 0 radical (unpaired) electrons. The quantitative estimate of drug-likeness (QED) is 0.302. The molecule has 1 heterocycles. The summed E-state index contributed by atoms with van der Waals surface area (Å²) in [6.07, 6.45) is 0. The molecule has 1 aromatic heterocycles. The lowest BCUT2D eigenvalue weighted by Crippen LogP contribution is -2.34. The van der Waals surface area contributed by atoms with Gasteiger partial charge < -0.3 is 14.7 Å². The summed E-state index contributed by atoms with van der Waals surface area (Å²) in [6.45, 7) is 3.60. The molecule has 0 fully saturated rings. The van der Waals surface area contributed by atoms with Crippen molar-refractivity contribution in [1.29, 1.82) is 0 Å². The summed E-state index contributed by atoms with van der Waals surface area (Å²) in [5.41, 5.74) is 2.83. The van der Waals surface area contributed by atoms with Gasteiger partial charge in [0.05, 0.1) is 12.3 Å². The topological polar surface area (TPSA) is 102 Å². The van der Waals surface area contributed by atoms with Gasteiger partial charge in [-0.1, -0.05) is 5.16 Å². The zero-order chi connectivity index (χ0) is 12.1. The first-order valence-electron chi connectivity index (χ1n) is 4.51. The van der Waals surface area contributed by atoms with Crippen LogP contribution in [0.4, 0.5) is 5.88 Å². The molecule has 0 aliphatic heterocycles. The molecular weight excluding hydrogens is 232 g/mol. The molecular formula is C8H12N4O3S. The van der Waals surface area contributed by atoms with Gasteiger partial charge in [-0.2, -0.15) is 0 Å². The van der Waals surface area contributed by atoms with Gasteiger partial charge in [-0.15, -0.1) is 0 Å². The molecule has 7 nitrogen and oxygen atoms in total. The monoisotopic (exact) mass is 244 g/mol. The van der Waals surface area contributed by atoms with Gasteiger partial charge in [-0.05, 0) is 26.1 Å². The lowest BCUT2D eigenvalue weighted by atomic mass is 10.2. The molecule has 1 aromatic rings. The van der Waals surface area contributed by atoms with Crippen LogP contribution in [0, 0.1) is 6.92 Å². The minimum absolute atomic E-state index is 0.110. The summed E-state index contributed by atoms with van der Waals surface area (Å²) in [7, 11) is 0. The van der Waals surface area contributed by atoms with E-state index in [1.165, 1.54) is 0 Å². The fraction of sp³-hybridized carbons (Fsp3) is 0.375. The van der Waals surface area contributed by atoms with Crippen LogP contribution < -0.4 is 16.6 Å². The van der Waals surface area contributed by atoms with Crippen LogP contribution in [-0.4, -0.2) is 22.8 Å². The van der Waals surface area contributed by atoms with Gasteiger partial charge in [0.2, 0.25) is 5.88 Å². The lowest BCUT2D eigenvalue weighted by Gasteiger charge is -2.05. The van der Waals surface area contributed by atoms with Crippen LogP contribution >= 0.6 is 12.2 Å². The van der Waals surface area contributed by atoms with E-state index in [2.05, 4.69) is 15.9 Å². The van der Waals surface area contributed by atoms with E-state index in [1.807, 2.05) is 0 Å². The number of nitrogens with two attached hydrogens (primary N) is 1. The number of aromatic nitrogens is 1. The van der Waals surface area contributed by atoms with Crippen LogP contribution in [0.3, 0.4) is 0 Å². The second kappa shape index (κ2) is 5.42. The maximum atomic E-state index is 11.6. The van der Waals surface area contributed by atoms with Crippen molar-refractivity contribution in [2.75, 3.05) is 11.9 Å². The predicted molar refractivity (Wildman–Crippen MR) is 60.7 cm³/mol. The molecule has 0 spiro atoms. The Morgan fingerprint density at radius 3 is 2.94 bits per heavy atom. The van der Waals surface area contributed by atoms with Gasteiger partial charge in [0.25, 0.3) is 0 Å². The highest BCUT2D eigenvalue weighted by molar-refractivity contribution is 7.80. The number of hydrogen-bond donors (Lipinski definition) is 3. The van der Waals surface area contributed by atoms with Gasteiger partial charge in [-0.3, -0.25) is 5.32 Å². The van der Waals surface area contributed by atoms with E-state index in [-0.39, 0.29) is 23.2 Å². The van der Waals surface area contributed by atoms with E-state index in [0.717, 1.165) is 0 Å². The normalized spacial score (nSPS) is 9.69. The van der Waals surface area contributed by atoms with Crippen molar-refractivity contribution in [3.63, 3.8) is 0 Å². The van der Waals surface area contributed by atoms with Gasteiger partial charge in [0, 0.05) is 0 Å². The fourth-order valence-corrected chi connectivity index (χ4v) is 1.13. The first kappa shape index (κ1) is 12.4. The average molecular weight is 244 g/mol. The van der Waals surface area contributed by atoms with Crippen molar-refractivity contribution < 1.29 is 14.1 Å². The van der Waals surface area contributed by atoms with Crippen molar-refractivity contribution >= 4 is 29.2 Å². The summed E-state index contributed by atoms with van der Waals surface area (Å²) in [6, 6.07) is 0. The summed E-state index contributed by atoms with van der Waals surface area (Å²) < 4.78 is 9.74. The third-order valence-corrected chi connectivity index (χ3v) is 1.92. The van der Waals surface area contributed by atoms with E-state index in [1.54, 1.807) is 13.8 Å². The molecule has 0 atom stereocenters. The molecule has 0 saturated carbocycles. The Morgan fingerprint density at radius 1 is 1.69 bits per heavy atom. The standard InChI is InChI=1S/C8H12N4O3S/c1-3-14-7(13)5-4(2)12-15-6(5)10-8(16)11-9/h3,9H2,1-2H3,(H2,10,11,16). The van der Waals surface area contributed by atoms with Crippen LogP contribution in [-0.2, 0) is 4.74 Å². The second-order valence-corrected chi connectivity index (χ2v) is 3.20. The van der Waals surface area contributed by atoms with E-state index in [9.17, 15) is 4.79 Å². The molecule has 0 unspecified atom stereocenters. The van der Waals surface area contributed by atoms with E-state index < -0.39 is 5.97 Å². The predicted octanol–water partition coefficient (Wildman–Crippen LogP) is 0.320. The number of ether oxygens (including phenoxy) is 1. The SMILES string of the molecule is CCOC(=O)c1c(C)noc1NC(=S)NN. The lowest BCUT2D eigenvalue weighted by molar-refractivity contribution is 0.0526. The third-order valence-electron chi connectivity index (χ3n) is 1.70. The zero-order valence-corrected chi connectivity index (χ0v) is 9.68.